The van der Waals surface area contributed by atoms with Crippen LogP contribution in [0.3, 0.4) is 0 Å². The van der Waals surface area contributed by atoms with Crippen molar-refractivity contribution in [1.29, 1.82) is 0 Å². The highest BCUT2D eigenvalue weighted by Crippen LogP contribution is 2.22. The van der Waals surface area contributed by atoms with E-state index in [2.05, 4.69) is 9.97 Å². The summed E-state index contributed by atoms with van der Waals surface area (Å²) in [5.74, 6) is 1.31. The fourth-order valence-corrected chi connectivity index (χ4v) is 2.02. The minimum Gasteiger partial charge on any atom is -0.384 e. The monoisotopic (exact) mass is 209 g/mol. The lowest BCUT2D eigenvalue weighted by Crippen LogP contribution is -2.03. The van der Waals surface area contributed by atoms with E-state index in [9.17, 15) is 0 Å². The van der Waals surface area contributed by atoms with Crippen molar-refractivity contribution in [3.05, 3.63) is 17.3 Å². The van der Waals surface area contributed by atoms with Crippen LogP contribution in [0.1, 0.15) is 5.82 Å². The topological polar surface area (TPSA) is 61.0 Å². The van der Waals surface area contributed by atoms with Gasteiger partial charge in [0.05, 0.1) is 12.0 Å². The molecule has 2 aromatic heterocycles. The predicted molar refractivity (Wildman–Crippen MR) is 57.4 cm³/mol. The first-order chi connectivity index (χ1) is 6.81. The number of nitrogens with zero attached hydrogens (tertiary/aromatic N) is 2. The molecule has 0 amide bonds. The number of methoxy groups -OCH3 is 1. The van der Waals surface area contributed by atoms with E-state index in [1.165, 1.54) is 0 Å². The van der Waals surface area contributed by atoms with Crippen LogP contribution < -0.4 is 5.73 Å². The molecule has 0 bridgehead atoms. The standard InChI is InChI=1S/C9H11N3OS/c1-13-4-2-7-11-8(10)6-3-5-14-9(6)12-7/h3,5H,2,4H2,1H3,(H2,10,11,12). The van der Waals surface area contributed by atoms with E-state index in [4.69, 9.17) is 10.5 Å². The zero-order chi connectivity index (χ0) is 9.97. The summed E-state index contributed by atoms with van der Waals surface area (Å²) >= 11 is 1.58. The van der Waals surface area contributed by atoms with Crippen molar-refractivity contribution in [2.45, 2.75) is 6.42 Å². The molecule has 0 fully saturated rings. The number of nitrogen functional groups attached to an aromatic ring is 1. The van der Waals surface area contributed by atoms with Crippen molar-refractivity contribution in [3.8, 4) is 0 Å². The maximum atomic E-state index is 5.79. The van der Waals surface area contributed by atoms with Crippen LogP contribution in [0.25, 0.3) is 10.2 Å². The Bertz CT molecular complexity index is 441. The van der Waals surface area contributed by atoms with Gasteiger partial charge in [0.1, 0.15) is 16.5 Å². The minimum atomic E-state index is 0.558. The fraction of sp³-hybridized carbons (Fsp3) is 0.333. The van der Waals surface area contributed by atoms with E-state index in [-0.39, 0.29) is 0 Å². The van der Waals surface area contributed by atoms with Crippen LogP contribution in [0.4, 0.5) is 5.82 Å². The van der Waals surface area contributed by atoms with Crippen molar-refractivity contribution in [2.24, 2.45) is 0 Å². The minimum absolute atomic E-state index is 0.558. The summed E-state index contributed by atoms with van der Waals surface area (Å²) in [6, 6.07) is 1.94. The first-order valence-corrected chi connectivity index (χ1v) is 5.18. The molecule has 5 heteroatoms. The number of fused-ring (bicyclic) bond motifs is 1. The van der Waals surface area contributed by atoms with Gasteiger partial charge in [-0.3, -0.25) is 0 Å². The molecule has 2 N–H and O–H groups in total. The Hall–Kier alpha value is -1.20. The van der Waals surface area contributed by atoms with Crippen molar-refractivity contribution >= 4 is 27.4 Å². The van der Waals surface area contributed by atoms with Gasteiger partial charge in [0.25, 0.3) is 0 Å². The third kappa shape index (κ3) is 1.69. The van der Waals surface area contributed by atoms with Crippen molar-refractivity contribution in [1.82, 2.24) is 9.97 Å². The van der Waals surface area contributed by atoms with Gasteiger partial charge in [-0.05, 0) is 11.4 Å². The average Bonchev–Trinajstić information content (AvgIpc) is 2.63. The Balaban J connectivity index is 2.38. The molecule has 2 aromatic rings. The number of aromatic nitrogens is 2. The molecule has 0 aliphatic carbocycles. The van der Waals surface area contributed by atoms with Gasteiger partial charge in [-0.2, -0.15) is 0 Å². The summed E-state index contributed by atoms with van der Waals surface area (Å²) in [5, 5.41) is 2.91. The second-order valence-corrected chi connectivity index (χ2v) is 3.80. The third-order valence-corrected chi connectivity index (χ3v) is 2.74. The molecular weight excluding hydrogens is 198 g/mol. The van der Waals surface area contributed by atoms with Gasteiger partial charge in [-0.1, -0.05) is 0 Å². The molecule has 0 aliphatic heterocycles. The van der Waals surface area contributed by atoms with Crippen LogP contribution in [0, 0.1) is 0 Å². The van der Waals surface area contributed by atoms with Crippen molar-refractivity contribution in [3.63, 3.8) is 0 Å². The van der Waals surface area contributed by atoms with Gasteiger partial charge < -0.3 is 10.5 Å². The zero-order valence-electron chi connectivity index (χ0n) is 7.86. The van der Waals surface area contributed by atoms with E-state index in [1.54, 1.807) is 18.4 Å². The largest absolute Gasteiger partial charge is 0.384 e. The lowest BCUT2D eigenvalue weighted by Gasteiger charge is -2.01. The predicted octanol–water partition coefficient (Wildman–Crippen LogP) is 1.46. The summed E-state index contributed by atoms with van der Waals surface area (Å²) in [6.07, 6.45) is 0.703. The van der Waals surface area contributed by atoms with Gasteiger partial charge in [-0.15, -0.1) is 11.3 Å². The van der Waals surface area contributed by atoms with Crippen molar-refractivity contribution < 1.29 is 4.74 Å². The molecule has 0 saturated carbocycles. The molecule has 2 heterocycles. The Morgan fingerprint density at radius 2 is 2.36 bits per heavy atom. The third-order valence-electron chi connectivity index (χ3n) is 1.93. The van der Waals surface area contributed by atoms with E-state index in [0.717, 1.165) is 16.0 Å². The molecule has 0 radical (unpaired) electrons. The molecule has 0 spiro atoms. The highest BCUT2D eigenvalue weighted by atomic mass is 32.1. The molecule has 0 saturated heterocycles. The Morgan fingerprint density at radius 3 is 3.14 bits per heavy atom. The number of rotatable bonds is 3. The quantitative estimate of drug-likeness (QED) is 0.831. The smallest absolute Gasteiger partial charge is 0.135 e. The second-order valence-electron chi connectivity index (χ2n) is 2.91. The number of hydrogen-bond donors (Lipinski definition) is 1. The summed E-state index contributed by atoms with van der Waals surface area (Å²) in [4.78, 5) is 9.53. The van der Waals surface area contributed by atoms with E-state index in [1.807, 2.05) is 11.4 Å². The second kappa shape index (κ2) is 3.89. The van der Waals surface area contributed by atoms with Gasteiger partial charge in [0.15, 0.2) is 0 Å². The van der Waals surface area contributed by atoms with Gasteiger partial charge in [-0.25, -0.2) is 9.97 Å². The molecule has 0 aromatic carbocycles. The molecular formula is C9H11N3OS. The van der Waals surface area contributed by atoms with E-state index < -0.39 is 0 Å². The van der Waals surface area contributed by atoms with Gasteiger partial charge >= 0.3 is 0 Å². The molecule has 74 valence electrons. The highest BCUT2D eigenvalue weighted by Gasteiger charge is 2.05. The van der Waals surface area contributed by atoms with Crippen LogP contribution in [-0.2, 0) is 11.2 Å². The highest BCUT2D eigenvalue weighted by molar-refractivity contribution is 7.16. The average molecular weight is 209 g/mol. The number of hydrogen-bond acceptors (Lipinski definition) is 5. The molecule has 14 heavy (non-hydrogen) atoms. The summed E-state index contributed by atoms with van der Waals surface area (Å²) in [5.41, 5.74) is 5.79. The fourth-order valence-electron chi connectivity index (χ4n) is 1.23. The van der Waals surface area contributed by atoms with Crippen LogP contribution in [0.2, 0.25) is 0 Å². The van der Waals surface area contributed by atoms with Crippen LogP contribution in [-0.4, -0.2) is 23.7 Å². The van der Waals surface area contributed by atoms with E-state index >= 15 is 0 Å². The molecule has 0 aliphatic rings. The summed E-state index contributed by atoms with van der Waals surface area (Å²) in [6.45, 7) is 0.621. The molecule has 0 atom stereocenters. The van der Waals surface area contributed by atoms with Crippen LogP contribution in [0.15, 0.2) is 11.4 Å². The van der Waals surface area contributed by atoms with Gasteiger partial charge in [0.2, 0.25) is 0 Å². The maximum Gasteiger partial charge on any atom is 0.135 e. The van der Waals surface area contributed by atoms with Gasteiger partial charge in [0, 0.05) is 13.5 Å². The number of ether oxygens (including phenoxy) is 1. The number of anilines is 1. The number of thiophene rings is 1. The molecule has 2 rings (SSSR count). The van der Waals surface area contributed by atoms with Crippen LogP contribution in [0.5, 0.6) is 0 Å². The van der Waals surface area contributed by atoms with Crippen molar-refractivity contribution in [2.75, 3.05) is 19.5 Å². The normalized spacial score (nSPS) is 10.9. The number of nitrogens with two attached hydrogens (primary N) is 1. The zero-order valence-corrected chi connectivity index (χ0v) is 8.67. The summed E-state index contributed by atoms with van der Waals surface area (Å²) in [7, 11) is 1.66. The lowest BCUT2D eigenvalue weighted by molar-refractivity contribution is 0.200. The maximum absolute atomic E-state index is 5.79. The SMILES string of the molecule is COCCc1nc(N)c2ccsc2n1. The first kappa shape index (κ1) is 9.36. The van der Waals surface area contributed by atoms with Crippen LogP contribution >= 0.6 is 11.3 Å². The molecule has 4 nitrogen and oxygen atoms in total. The Kier molecular flexibility index (Phi) is 2.60. The molecule has 0 unspecified atom stereocenters. The summed E-state index contributed by atoms with van der Waals surface area (Å²) < 4.78 is 4.96. The first-order valence-electron chi connectivity index (χ1n) is 4.30. The Morgan fingerprint density at radius 1 is 1.50 bits per heavy atom. The lowest BCUT2D eigenvalue weighted by atomic mass is 10.3. The Labute approximate surface area is 85.7 Å². The van der Waals surface area contributed by atoms with E-state index in [0.29, 0.717) is 18.8 Å².